The highest BCUT2D eigenvalue weighted by Gasteiger charge is 2.27. The van der Waals surface area contributed by atoms with Crippen LogP contribution in [0.2, 0.25) is 0 Å². The van der Waals surface area contributed by atoms with Crippen molar-refractivity contribution in [2.45, 2.75) is 26.8 Å². The van der Waals surface area contributed by atoms with Crippen molar-refractivity contribution in [2.75, 3.05) is 11.9 Å². The lowest BCUT2D eigenvalue weighted by Crippen LogP contribution is -2.45. The smallest absolute Gasteiger partial charge is 0.329 e. The highest BCUT2D eigenvalue weighted by atomic mass is 16.5. The summed E-state index contributed by atoms with van der Waals surface area (Å²) in [6, 6.07) is 3.65. The summed E-state index contributed by atoms with van der Waals surface area (Å²) in [6.07, 6.45) is 1.35. The second kappa shape index (κ2) is 8.13. The number of amides is 2. The van der Waals surface area contributed by atoms with Crippen molar-refractivity contribution in [3.05, 3.63) is 36.0 Å². The summed E-state index contributed by atoms with van der Waals surface area (Å²) in [5, 5.41) is 8.55. The molecule has 2 heterocycles. The summed E-state index contributed by atoms with van der Waals surface area (Å²) in [5.74, 6) is -1.23. The van der Waals surface area contributed by atoms with Gasteiger partial charge >= 0.3 is 5.97 Å². The van der Waals surface area contributed by atoms with Crippen LogP contribution in [0.25, 0.3) is 0 Å². The molecular formula is C16H19N3O6. The lowest BCUT2D eigenvalue weighted by molar-refractivity contribution is -0.150. The van der Waals surface area contributed by atoms with E-state index in [1.807, 2.05) is 0 Å². The second-order valence-corrected chi connectivity index (χ2v) is 5.65. The van der Waals surface area contributed by atoms with Gasteiger partial charge in [0.25, 0.3) is 11.8 Å². The number of rotatable bonds is 7. The number of aromatic nitrogens is 1. The van der Waals surface area contributed by atoms with Gasteiger partial charge in [-0.05, 0) is 25.0 Å². The molecule has 0 radical (unpaired) electrons. The Labute approximate surface area is 143 Å². The van der Waals surface area contributed by atoms with Crippen LogP contribution in [0.15, 0.2) is 33.4 Å². The molecule has 2 aromatic heterocycles. The molecule has 0 fully saturated rings. The van der Waals surface area contributed by atoms with E-state index in [-0.39, 0.29) is 17.5 Å². The Bertz CT molecular complexity index is 735. The van der Waals surface area contributed by atoms with Crippen molar-refractivity contribution in [1.29, 1.82) is 0 Å². The zero-order valence-corrected chi connectivity index (χ0v) is 14.1. The van der Waals surface area contributed by atoms with E-state index >= 15 is 0 Å². The standard InChI is InChI=1S/C16H19N3O6/c1-9(2)14(18-15(21)11-5-4-6-23-11)16(22)24-8-13(20)17-12-7-10(3)25-19-12/h4-7,9,14H,8H2,1-3H3,(H,18,21)(H,17,19,20)/t14-/m0/s1. The normalized spacial score (nSPS) is 11.8. The molecule has 0 aliphatic rings. The van der Waals surface area contributed by atoms with Gasteiger partial charge in [0.15, 0.2) is 18.2 Å². The molecule has 9 nitrogen and oxygen atoms in total. The van der Waals surface area contributed by atoms with Gasteiger partial charge in [0.2, 0.25) is 0 Å². The van der Waals surface area contributed by atoms with Crippen LogP contribution < -0.4 is 10.6 Å². The number of ether oxygens (including phenoxy) is 1. The third-order valence-corrected chi connectivity index (χ3v) is 3.19. The summed E-state index contributed by atoms with van der Waals surface area (Å²) >= 11 is 0. The molecule has 2 rings (SSSR count). The molecule has 0 aromatic carbocycles. The number of hydrogen-bond acceptors (Lipinski definition) is 7. The Morgan fingerprint density at radius 1 is 1.32 bits per heavy atom. The van der Waals surface area contributed by atoms with E-state index in [9.17, 15) is 14.4 Å². The van der Waals surface area contributed by atoms with Crippen LogP contribution in [0.5, 0.6) is 0 Å². The molecule has 9 heteroatoms. The Kier molecular flexibility index (Phi) is 5.93. The van der Waals surface area contributed by atoms with Crippen molar-refractivity contribution >= 4 is 23.6 Å². The van der Waals surface area contributed by atoms with E-state index in [2.05, 4.69) is 15.8 Å². The SMILES string of the molecule is Cc1cc(NC(=O)COC(=O)[C@@H](NC(=O)c2ccco2)C(C)C)no1. The molecule has 0 aliphatic carbocycles. The van der Waals surface area contributed by atoms with Gasteiger partial charge in [-0.1, -0.05) is 19.0 Å². The first-order valence-electron chi connectivity index (χ1n) is 7.61. The summed E-state index contributed by atoms with van der Waals surface area (Å²) in [5.41, 5.74) is 0. The summed E-state index contributed by atoms with van der Waals surface area (Å²) in [7, 11) is 0. The predicted octanol–water partition coefficient (Wildman–Crippen LogP) is 1.51. The number of aryl methyl sites for hydroxylation is 1. The Morgan fingerprint density at radius 3 is 2.64 bits per heavy atom. The van der Waals surface area contributed by atoms with Gasteiger partial charge in [0.1, 0.15) is 11.8 Å². The molecule has 0 aliphatic heterocycles. The maximum Gasteiger partial charge on any atom is 0.329 e. The van der Waals surface area contributed by atoms with Gasteiger partial charge in [0, 0.05) is 6.07 Å². The lowest BCUT2D eigenvalue weighted by atomic mass is 10.0. The van der Waals surface area contributed by atoms with Crippen molar-refractivity contribution < 1.29 is 28.1 Å². The quantitative estimate of drug-likeness (QED) is 0.726. The number of carbonyl (C=O) groups excluding carboxylic acids is 3. The fourth-order valence-corrected chi connectivity index (χ4v) is 1.95. The van der Waals surface area contributed by atoms with Crippen molar-refractivity contribution in [3.8, 4) is 0 Å². The zero-order chi connectivity index (χ0) is 18.4. The van der Waals surface area contributed by atoms with Crippen molar-refractivity contribution in [2.24, 2.45) is 5.92 Å². The average Bonchev–Trinajstić information content (AvgIpc) is 3.21. The van der Waals surface area contributed by atoms with Crippen LogP contribution in [0.4, 0.5) is 5.82 Å². The molecule has 2 amide bonds. The van der Waals surface area contributed by atoms with Crippen LogP contribution in [0.3, 0.4) is 0 Å². The van der Waals surface area contributed by atoms with Gasteiger partial charge in [-0.25, -0.2) is 4.79 Å². The predicted molar refractivity (Wildman–Crippen MR) is 85.6 cm³/mol. The minimum absolute atomic E-state index is 0.0811. The second-order valence-electron chi connectivity index (χ2n) is 5.65. The molecule has 25 heavy (non-hydrogen) atoms. The fourth-order valence-electron chi connectivity index (χ4n) is 1.95. The Hall–Kier alpha value is -3.10. The number of anilines is 1. The Morgan fingerprint density at radius 2 is 2.08 bits per heavy atom. The highest BCUT2D eigenvalue weighted by Crippen LogP contribution is 2.09. The number of hydrogen-bond donors (Lipinski definition) is 2. The van der Waals surface area contributed by atoms with E-state index in [4.69, 9.17) is 13.7 Å². The minimum Gasteiger partial charge on any atom is -0.459 e. The number of nitrogens with one attached hydrogen (secondary N) is 2. The molecule has 1 atom stereocenters. The van der Waals surface area contributed by atoms with Crippen LogP contribution in [-0.2, 0) is 14.3 Å². The zero-order valence-electron chi connectivity index (χ0n) is 14.1. The first-order valence-corrected chi connectivity index (χ1v) is 7.61. The lowest BCUT2D eigenvalue weighted by Gasteiger charge is -2.20. The summed E-state index contributed by atoms with van der Waals surface area (Å²) < 4.78 is 14.8. The molecule has 2 N–H and O–H groups in total. The average molecular weight is 349 g/mol. The number of furan rings is 1. The molecule has 134 valence electrons. The van der Waals surface area contributed by atoms with Crippen LogP contribution in [-0.4, -0.2) is 35.6 Å². The molecule has 0 spiro atoms. The summed E-state index contributed by atoms with van der Waals surface area (Å²) in [4.78, 5) is 35.9. The first kappa shape index (κ1) is 18.2. The number of esters is 1. The van der Waals surface area contributed by atoms with E-state index in [1.165, 1.54) is 18.4 Å². The third-order valence-electron chi connectivity index (χ3n) is 3.19. The maximum atomic E-state index is 12.2. The van der Waals surface area contributed by atoms with Crippen LogP contribution in [0, 0.1) is 12.8 Å². The van der Waals surface area contributed by atoms with E-state index in [1.54, 1.807) is 26.8 Å². The monoisotopic (exact) mass is 349 g/mol. The summed E-state index contributed by atoms with van der Waals surface area (Å²) in [6.45, 7) is 4.65. The minimum atomic E-state index is -0.917. The van der Waals surface area contributed by atoms with Gasteiger partial charge in [-0.2, -0.15) is 0 Å². The number of nitrogens with zero attached hydrogens (tertiary/aromatic N) is 1. The van der Waals surface area contributed by atoms with Gasteiger partial charge in [-0.3, -0.25) is 9.59 Å². The molecule has 0 saturated carbocycles. The molecule has 0 saturated heterocycles. The topological polar surface area (TPSA) is 124 Å². The Balaban J connectivity index is 1.87. The highest BCUT2D eigenvalue weighted by molar-refractivity contribution is 5.95. The molecular weight excluding hydrogens is 330 g/mol. The van der Waals surface area contributed by atoms with E-state index in [0.29, 0.717) is 5.76 Å². The van der Waals surface area contributed by atoms with Crippen molar-refractivity contribution in [3.63, 3.8) is 0 Å². The molecule has 0 bridgehead atoms. The van der Waals surface area contributed by atoms with E-state index < -0.39 is 30.4 Å². The number of carbonyl (C=O) groups is 3. The third kappa shape index (κ3) is 5.20. The van der Waals surface area contributed by atoms with E-state index in [0.717, 1.165) is 0 Å². The molecule has 2 aromatic rings. The van der Waals surface area contributed by atoms with Gasteiger partial charge < -0.3 is 24.3 Å². The van der Waals surface area contributed by atoms with Crippen molar-refractivity contribution in [1.82, 2.24) is 10.5 Å². The van der Waals surface area contributed by atoms with Gasteiger partial charge in [-0.15, -0.1) is 0 Å². The molecule has 0 unspecified atom stereocenters. The van der Waals surface area contributed by atoms with Gasteiger partial charge in [0.05, 0.1) is 6.26 Å². The fraction of sp³-hybridized carbons (Fsp3) is 0.375. The largest absolute Gasteiger partial charge is 0.459 e. The maximum absolute atomic E-state index is 12.2. The van der Waals surface area contributed by atoms with Crippen LogP contribution >= 0.6 is 0 Å². The first-order chi connectivity index (χ1) is 11.9. The van der Waals surface area contributed by atoms with Crippen LogP contribution in [0.1, 0.15) is 30.2 Å².